The number of Topliss-reactive ketones (excluding diaryl/α,β-unsaturated/α-hetero) is 1. The van der Waals surface area contributed by atoms with Crippen LogP contribution >= 0.6 is 24.0 Å². The van der Waals surface area contributed by atoms with Gasteiger partial charge >= 0.3 is 0 Å². The summed E-state index contributed by atoms with van der Waals surface area (Å²) < 4.78 is 0. The molecule has 0 aliphatic carbocycles. The first-order chi connectivity index (χ1) is 8.75. The summed E-state index contributed by atoms with van der Waals surface area (Å²) in [7, 11) is 0. The van der Waals surface area contributed by atoms with Gasteiger partial charge in [-0.05, 0) is 50.2 Å². The van der Waals surface area contributed by atoms with Gasteiger partial charge in [-0.25, -0.2) is 0 Å². The predicted molar refractivity (Wildman–Crippen MR) is 82.6 cm³/mol. The van der Waals surface area contributed by atoms with Crippen LogP contribution in [0.4, 0.5) is 0 Å². The molecule has 0 N–H and O–H groups in total. The third kappa shape index (κ3) is 5.52. The average Bonchev–Trinajstić information content (AvgIpc) is 2.65. The summed E-state index contributed by atoms with van der Waals surface area (Å²) in [6.07, 6.45) is 5.83. The van der Waals surface area contributed by atoms with Crippen molar-refractivity contribution in [3.05, 3.63) is 34.9 Å². The Balaban J connectivity index is 0.00000180. The first kappa shape index (κ1) is 16.5. The molecule has 0 saturated carbocycles. The van der Waals surface area contributed by atoms with Crippen LogP contribution in [-0.2, 0) is 0 Å². The normalized spacial score (nSPS) is 16.5. The van der Waals surface area contributed by atoms with Crippen molar-refractivity contribution in [2.45, 2.75) is 32.1 Å². The Hall–Kier alpha value is -0.570. The van der Waals surface area contributed by atoms with Crippen LogP contribution in [0.15, 0.2) is 24.3 Å². The van der Waals surface area contributed by atoms with Gasteiger partial charge in [-0.1, -0.05) is 24.4 Å². The van der Waals surface area contributed by atoms with Crippen LogP contribution in [-0.4, -0.2) is 30.3 Å². The van der Waals surface area contributed by atoms with Crippen LogP contribution in [0.25, 0.3) is 0 Å². The summed E-state index contributed by atoms with van der Waals surface area (Å²) in [4.78, 5) is 14.4. The molecule has 1 aromatic rings. The standard InChI is InChI=1S/C15H20ClNO.ClH/c16-14-7-5-13(6-8-14)15(18)9-12-17-10-3-1-2-4-11-17;/h5-8H,1-4,9-12H2;1H. The van der Waals surface area contributed by atoms with E-state index < -0.39 is 0 Å². The smallest absolute Gasteiger partial charge is 0.164 e. The summed E-state index contributed by atoms with van der Waals surface area (Å²) in [6.45, 7) is 3.18. The maximum Gasteiger partial charge on any atom is 0.164 e. The van der Waals surface area contributed by atoms with Crippen LogP contribution in [0.1, 0.15) is 42.5 Å². The lowest BCUT2D eigenvalue weighted by molar-refractivity contribution is 0.0965. The van der Waals surface area contributed by atoms with Gasteiger partial charge in [-0.3, -0.25) is 4.79 Å². The fraction of sp³-hybridized carbons (Fsp3) is 0.533. The van der Waals surface area contributed by atoms with Crippen molar-refractivity contribution in [1.29, 1.82) is 0 Å². The molecule has 0 spiro atoms. The second-order valence-corrected chi connectivity index (χ2v) is 5.37. The highest BCUT2D eigenvalue weighted by atomic mass is 35.5. The molecule has 19 heavy (non-hydrogen) atoms. The molecule has 1 fully saturated rings. The fourth-order valence-electron chi connectivity index (χ4n) is 2.40. The maximum atomic E-state index is 12.0. The zero-order chi connectivity index (χ0) is 12.8. The van der Waals surface area contributed by atoms with E-state index in [4.69, 9.17) is 11.6 Å². The molecular formula is C15H21Cl2NO. The SMILES string of the molecule is Cl.O=C(CCN1CCCCCC1)c1ccc(Cl)cc1. The number of rotatable bonds is 4. The average molecular weight is 302 g/mol. The second kappa shape index (κ2) is 8.57. The number of carbonyl (C=O) groups is 1. The zero-order valence-corrected chi connectivity index (χ0v) is 12.7. The molecule has 0 atom stereocenters. The molecule has 0 amide bonds. The predicted octanol–water partition coefficient (Wildman–Crippen LogP) is 4.21. The molecule has 1 aliphatic heterocycles. The quantitative estimate of drug-likeness (QED) is 0.777. The van der Waals surface area contributed by atoms with Crippen molar-refractivity contribution in [3.8, 4) is 0 Å². The minimum absolute atomic E-state index is 0. The Bertz CT molecular complexity index is 384. The molecule has 0 unspecified atom stereocenters. The topological polar surface area (TPSA) is 20.3 Å². The molecular weight excluding hydrogens is 281 g/mol. The van der Waals surface area contributed by atoms with Gasteiger partial charge in [-0.2, -0.15) is 0 Å². The third-order valence-electron chi connectivity index (χ3n) is 3.52. The van der Waals surface area contributed by atoms with Gasteiger partial charge in [0.05, 0.1) is 0 Å². The first-order valence-electron chi connectivity index (χ1n) is 6.77. The van der Waals surface area contributed by atoms with E-state index in [1.54, 1.807) is 12.1 Å². The second-order valence-electron chi connectivity index (χ2n) is 4.94. The van der Waals surface area contributed by atoms with Crippen LogP contribution in [0, 0.1) is 0 Å². The number of hydrogen-bond acceptors (Lipinski definition) is 2. The Morgan fingerprint density at radius 1 is 1.05 bits per heavy atom. The molecule has 1 heterocycles. The van der Waals surface area contributed by atoms with E-state index in [-0.39, 0.29) is 18.2 Å². The molecule has 0 radical (unpaired) electrons. The lowest BCUT2D eigenvalue weighted by atomic mass is 10.1. The van der Waals surface area contributed by atoms with Gasteiger partial charge in [-0.15, -0.1) is 12.4 Å². The minimum Gasteiger partial charge on any atom is -0.303 e. The van der Waals surface area contributed by atoms with Crippen molar-refractivity contribution in [3.63, 3.8) is 0 Å². The van der Waals surface area contributed by atoms with E-state index in [9.17, 15) is 4.79 Å². The lowest BCUT2D eigenvalue weighted by Crippen LogP contribution is -2.27. The Kier molecular flexibility index (Phi) is 7.44. The van der Waals surface area contributed by atoms with Gasteiger partial charge in [0.2, 0.25) is 0 Å². The lowest BCUT2D eigenvalue weighted by Gasteiger charge is -2.18. The molecule has 1 saturated heterocycles. The molecule has 2 nitrogen and oxygen atoms in total. The number of benzene rings is 1. The van der Waals surface area contributed by atoms with Crippen LogP contribution < -0.4 is 0 Å². The summed E-state index contributed by atoms with van der Waals surface area (Å²) >= 11 is 5.81. The molecule has 2 rings (SSSR count). The fourth-order valence-corrected chi connectivity index (χ4v) is 2.53. The van der Waals surface area contributed by atoms with Crippen molar-refractivity contribution in [2.24, 2.45) is 0 Å². The van der Waals surface area contributed by atoms with Crippen molar-refractivity contribution < 1.29 is 4.79 Å². The number of likely N-dealkylation sites (tertiary alicyclic amines) is 1. The largest absolute Gasteiger partial charge is 0.303 e. The molecule has 0 aromatic heterocycles. The molecule has 106 valence electrons. The van der Waals surface area contributed by atoms with Gasteiger partial charge in [0.25, 0.3) is 0 Å². The summed E-state index contributed by atoms with van der Waals surface area (Å²) in [6, 6.07) is 7.18. The van der Waals surface area contributed by atoms with Gasteiger partial charge in [0, 0.05) is 23.6 Å². The molecule has 1 aliphatic rings. The van der Waals surface area contributed by atoms with E-state index in [0.717, 1.165) is 25.2 Å². The minimum atomic E-state index is 0. The Morgan fingerprint density at radius 3 is 2.21 bits per heavy atom. The Morgan fingerprint density at radius 2 is 1.63 bits per heavy atom. The van der Waals surface area contributed by atoms with E-state index in [1.165, 1.54) is 25.7 Å². The van der Waals surface area contributed by atoms with Crippen LogP contribution in [0.2, 0.25) is 5.02 Å². The van der Waals surface area contributed by atoms with E-state index in [2.05, 4.69) is 4.90 Å². The van der Waals surface area contributed by atoms with Gasteiger partial charge in [0.1, 0.15) is 0 Å². The highest BCUT2D eigenvalue weighted by Gasteiger charge is 2.11. The number of carbonyl (C=O) groups excluding carboxylic acids is 1. The van der Waals surface area contributed by atoms with E-state index >= 15 is 0 Å². The first-order valence-corrected chi connectivity index (χ1v) is 7.14. The summed E-state index contributed by atoms with van der Waals surface area (Å²) in [5.74, 6) is 0.218. The number of halogens is 2. The number of nitrogens with zero attached hydrogens (tertiary/aromatic N) is 1. The van der Waals surface area contributed by atoms with E-state index in [1.807, 2.05) is 12.1 Å². The number of hydrogen-bond donors (Lipinski definition) is 0. The van der Waals surface area contributed by atoms with Gasteiger partial charge in [0.15, 0.2) is 5.78 Å². The molecule has 4 heteroatoms. The van der Waals surface area contributed by atoms with E-state index in [0.29, 0.717) is 11.4 Å². The monoisotopic (exact) mass is 301 g/mol. The van der Waals surface area contributed by atoms with Crippen molar-refractivity contribution in [2.75, 3.05) is 19.6 Å². The molecule has 1 aromatic carbocycles. The van der Waals surface area contributed by atoms with Crippen LogP contribution in [0.5, 0.6) is 0 Å². The third-order valence-corrected chi connectivity index (χ3v) is 3.77. The summed E-state index contributed by atoms with van der Waals surface area (Å²) in [5, 5.41) is 0.680. The highest BCUT2D eigenvalue weighted by molar-refractivity contribution is 6.30. The van der Waals surface area contributed by atoms with Crippen molar-refractivity contribution in [1.82, 2.24) is 4.90 Å². The van der Waals surface area contributed by atoms with Crippen LogP contribution in [0.3, 0.4) is 0 Å². The van der Waals surface area contributed by atoms with Crippen molar-refractivity contribution >= 4 is 29.8 Å². The summed E-state index contributed by atoms with van der Waals surface area (Å²) in [5.41, 5.74) is 0.772. The maximum absolute atomic E-state index is 12.0. The van der Waals surface area contributed by atoms with Gasteiger partial charge < -0.3 is 4.90 Å². The molecule has 0 bridgehead atoms. The zero-order valence-electron chi connectivity index (χ0n) is 11.1. The highest BCUT2D eigenvalue weighted by Crippen LogP contribution is 2.13. The Labute approximate surface area is 126 Å². The number of ketones is 1.